The Morgan fingerprint density at radius 1 is 0.851 bits per heavy atom. The molecule has 1 aromatic heterocycles. The molecule has 0 radical (unpaired) electrons. The van der Waals surface area contributed by atoms with Crippen molar-refractivity contribution in [2.24, 2.45) is 5.10 Å². The highest BCUT2D eigenvalue weighted by Gasteiger charge is 2.35. The molecular weight excluding hydrogens is 660 g/mol. The summed E-state index contributed by atoms with van der Waals surface area (Å²) in [7, 11) is -8.91. The highest BCUT2D eigenvalue weighted by Crippen LogP contribution is 2.26. The molecule has 0 aliphatic carbocycles. The van der Waals surface area contributed by atoms with Gasteiger partial charge in [-0.15, -0.1) is 0 Å². The van der Waals surface area contributed by atoms with Gasteiger partial charge >= 0.3 is 5.97 Å². The van der Waals surface area contributed by atoms with Gasteiger partial charge in [0.2, 0.25) is 0 Å². The fourth-order valence-corrected chi connectivity index (χ4v) is 5.09. The number of anilines is 1. The Bertz CT molecular complexity index is 2060. The number of amides is 1. The van der Waals surface area contributed by atoms with Crippen LogP contribution >= 0.6 is 0 Å². The topological polar surface area (TPSA) is 224 Å². The van der Waals surface area contributed by atoms with Gasteiger partial charge < -0.3 is 4.74 Å². The van der Waals surface area contributed by atoms with Crippen LogP contribution in [0.2, 0.25) is 0 Å². The largest absolute Gasteiger partial charge is 0.461 e. The summed E-state index contributed by atoms with van der Waals surface area (Å²) >= 11 is 0. The zero-order valence-corrected chi connectivity index (χ0v) is 26.4. The number of nitrogens with zero attached hydrogens (tertiary/aromatic N) is 3. The van der Waals surface area contributed by atoms with Crippen molar-refractivity contribution < 1.29 is 50.0 Å². The number of benzene rings is 2. The van der Waals surface area contributed by atoms with Crippen molar-refractivity contribution in [3.05, 3.63) is 100 Å². The van der Waals surface area contributed by atoms with Crippen molar-refractivity contribution >= 4 is 49.6 Å². The van der Waals surface area contributed by atoms with Gasteiger partial charge in [-0.2, -0.15) is 26.9 Å². The van der Waals surface area contributed by atoms with Crippen LogP contribution in [0.15, 0.2) is 98.1 Å². The molecular formula is C29H28N4O12S2. The number of ether oxygens (including phenoxy) is 1. The van der Waals surface area contributed by atoms with E-state index in [-0.39, 0.29) is 52.9 Å². The third-order valence-corrected chi connectivity index (χ3v) is 8.01. The lowest BCUT2D eigenvalue weighted by molar-refractivity contribution is -0.301. The second kappa shape index (κ2) is 14.6. The maximum Gasteiger partial charge on any atom is 0.359 e. The van der Waals surface area contributed by atoms with E-state index in [2.05, 4.69) is 10.2 Å². The van der Waals surface area contributed by atoms with Gasteiger partial charge in [-0.3, -0.25) is 23.8 Å². The highest BCUT2D eigenvalue weighted by atomic mass is 32.2. The Kier molecular flexibility index (Phi) is 10.9. The minimum absolute atomic E-state index is 0.00910. The summed E-state index contributed by atoms with van der Waals surface area (Å²) in [6.45, 7) is 3.38. The van der Waals surface area contributed by atoms with Gasteiger partial charge in [0.25, 0.3) is 31.7 Å². The molecule has 18 heteroatoms. The van der Waals surface area contributed by atoms with E-state index in [0.29, 0.717) is 5.69 Å². The van der Waals surface area contributed by atoms with Gasteiger partial charge in [0.1, 0.15) is 6.61 Å². The van der Waals surface area contributed by atoms with Crippen LogP contribution in [0.3, 0.4) is 0 Å². The second-order valence-electron chi connectivity index (χ2n) is 9.36. The molecule has 16 nitrogen and oxygen atoms in total. The van der Waals surface area contributed by atoms with Crippen molar-refractivity contribution in [2.45, 2.75) is 30.2 Å². The van der Waals surface area contributed by atoms with Crippen LogP contribution in [-0.4, -0.2) is 66.5 Å². The summed E-state index contributed by atoms with van der Waals surface area (Å²) < 4.78 is 70.1. The molecule has 248 valence electrons. The quantitative estimate of drug-likeness (QED) is 0.0448. The minimum Gasteiger partial charge on any atom is -0.461 e. The van der Waals surface area contributed by atoms with Gasteiger partial charge in [0.15, 0.2) is 5.71 Å². The van der Waals surface area contributed by atoms with E-state index >= 15 is 0 Å². The van der Waals surface area contributed by atoms with Gasteiger partial charge in [-0.25, -0.2) is 19.3 Å². The Labute approximate surface area is 268 Å². The first-order chi connectivity index (χ1) is 22.3. The number of esters is 1. The zero-order chi connectivity index (χ0) is 34.4. The summed E-state index contributed by atoms with van der Waals surface area (Å²) in [6.07, 6.45) is 7.11. The number of aromatic amines is 1. The fourth-order valence-electron chi connectivity index (χ4n) is 4.13. The van der Waals surface area contributed by atoms with Crippen molar-refractivity contribution in [1.29, 1.82) is 0 Å². The molecule has 3 aromatic rings. The molecule has 0 atom stereocenters. The molecule has 4 rings (SSSR count). The molecule has 0 unspecified atom stereocenters. The van der Waals surface area contributed by atoms with E-state index in [9.17, 15) is 40.3 Å². The zero-order valence-electron chi connectivity index (χ0n) is 24.8. The molecule has 1 aliphatic heterocycles. The van der Waals surface area contributed by atoms with Crippen molar-refractivity contribution in [3.63, 3.8) is 0 Å². The molecule has 0 saturated carbocycles. The van der Waals surface area contributed by atoms with Crippen molar-refractivity contribution in [3.8, 4) is 5.69 Å². The van der Waals surface area contributed by atoms with Crippen LogP contribution in [0.4, 0.5) is 5.69 Å². The van der Waals surface area contributed by atoms with E-state index < -0.39 is 42.6 Å². The lowest BCUT2D eigenvalue weighted by atomic mass is 10.1. The Hall–Kier alpha value is -4.98. The third-order valence-electron chi connectivity index (χ3n) is 6.28. The van der Waals surface area contributed by atoms with E-state index in [0.717, 1.165) is 34.0 Å². The molecule has 2 aromatic carbocycles. The number of hydrazone groups is 1. The Morgan fingerprint density at radius 2 is 1.45 bits per heavy atom. The number of allylic oxidation sites excluding steroid dienone is 4. The van der Waals surface area contributed by atoms with Crippen LogP contribution in [0.1, 0.15) is 25.1 Å². The van der Waals surface area contributed by atoms with Gasteiger partial charge in [0, 0.05) is 0 Å². The number of hydrogen-bond donors (Lipinski definition) is 3. The smallest absolute Gasteiger partial charge is 0.359 e. The van der Waals surface area contributed by atoms with Gasteiger partial charge in [0.05, 0.1) is 51.2 Å². The fraction of sp³-hybridized carbons (Fsp3) is 0.172. The number of hydrogen-bond acceptors (Lipinski definition) is 11. The first-order valence-electron chi connectivity index (χ1n) is 13.7. The summed E-state index contributed by atoms with van der Waals surface area (Å²) in [4.78, 5) is 48.3. The summed E-state index contributed by atoms with van der Waals surface area (Å²) in [6, 6.07) is 9.51. The molecule has 47 heavy (non-hydrogen) atoms. The molecule has 0 spiro atoms. The van der Waals surface area contributed by atoms with Crippen LogP contribution in [0.5, 0.6) is 0 Å². The number of nitrogens with one attached hydrogen (secondary N) is 1. The number of carbonyl (C=O) groups is 2. The monoisotopic (exact) mass is 688 g/mol. The maximum absolute atomic E-state index is 13.3. The van der Waals surface area contributed by atoms with E-state index in [1.54, 1.807) is 13.8 Å². The van der Waals surface area contributed by atoms with Crippen LogP contribution in [-0.2, 0) is 50.9 Å². The van der Waals surface area contributed by atoms with Gasteiger partial charge in [-0.1, -0.05) is 18.2 Å². The number of H-pyrrole nitrogens is 1. The maximum atomic E-state index is 13.3. The van der Waals surface area contributed by atoms with Crippen LogP contribution in [0, 0.1) is 0 Å². The highest BCUT2D eigenvalue weighted by molar-refractivity contribution is 7.86. The molecule has 3 N–H and O–H groups in total. The number of rotatable bonds is 13. The molecule has 0 bridgehead atoms. The van der Waals surface area contributed by atoms with Crippen molar-refractivity contribution in [1.82, 2.24) is 9.78 Å². The molecule has 0 saturated heterocycles. The number of aromatic nitrogens is 2. The summed E-state index contributed by atoms with van der Waals surface area (Å²) in [5.74, 6) is -1.59. The predicted octanol–water partition coefficient (Wildman–Crippen LogP) is 2.59. The first kappa shape index (κ1) is 34.9. The normalized spacial score (nSPS) is 14.9. The molecule has 2 heterocycles. The lowest BCUT2D eigenvalue weighted by Gasteiger charge is -2.11. The minimum atomic E-state index is -4.47. The average Bonchev–Trinajstić information content (AvgIpc) is 3.52. The predicted molar refractivity (Wildman–Crippen MR) is 167 cm³/mol. The standard InChI is InChI=1S/C29H28N4O12S2/c1-3-43-29(36)26-24(28(35)33(31-26)20-12-16-22(17-13-20)47(40,41)42)9-7-5-6-8-23-25(18-45-44-4-2)30-32(27(23)34)19-10-14-21(15-11-19)46(37,38)39/h5-17,30H,3-4,18H2,1-2H3,(H,37,38,39)(H,40,41,42)/b7-5?,8-6?,24-9-. The molecule has 0 fully saturated rings. The van der Waals surface area contributed by atoms with Crippen LogP contribution < -0.4 is 10.6 Å². The summed E-state index contributed by atoms with van der Waals surface area (Å²) in [5, 5.41) is 7.81. The SMILES string of the molecule is CCOOCc1[nH]n(-c2ccc(S(=O)(=O)O)cc2)c(=O)c1C=CC=C/C=C1\C(=O)N(c2ccc(S(=O)(=O)O)cc2)N=C1C(=O)OCC. The molecule has 1 aliphatic rings. The molecule has 1 amide bonds. The lowest BCUT2D eigenvalue weighted by Crippen LogP contribution is -2.22. The van der Waals surface area contributed by atoms with Crippen LogP contribution in [0.25, 0.3) is 11.8 Å². The van der Waals surface area contributed by atoms with E-state index in [1.165, 1.54) is 54.6 Å². The number of carbonyl (C=O) groups excluding carboxylic acids is 2. The van der Waals surface area contributed by atoms with E-state index in [4.69, 9.17) is 14.5 Å². The average molecular weight is 689 g/mol. The van der Waals surface area contributed by atoms with E-state index in [1.807, 2.05) is 0 Å². The first-order valence-corrected chi connectivity index (χ1v) is 16.5. The third kappa shape index (κ3) is 8.25. The van der Waals surface area contributed by atoms with Crippen molar-refractivity contribution in [2.75, 3.05) is 18.2 Å². The Balaban J connectivity index is 1.62. The summed E-state index contributed by atoms with van der Waals surface area (Å²) in [5.41, 5.74) is -0.100. The Morgan fingerprint density at radius 3 is 2.00 bits per heavy atom. The second-order valence-corrected chi connectivity index (χ2v) is 12.2. The van der Waals surface area contributed by atoms with Gasteiger partial charge in [-0.05, 0) is 74.5 Å².